The second-order valence-electron chi connectivity index (χ2n) is 8.57. The van der Waals surface area contributed by atoms with Gasteiger partial charge in [-0.2, -0.15) is 0 Å². The summed E-state index contributed by atoms with van der Waals surface area (Å²) in [5, 5.41) is 0. The molecule has 0 N–H and O–H groups in total. The summed E-state index contributed by atoms with van der Waals surface area (Å²) in [6, 6.07) is 4.48. The topological polar surface area (TPSA) is 33.2 Å². The molecule has 1 aromatic rings. The van der Waals surface area contributed by atoms with Gasteiger partial charge in [0.15, 0.2) is 0 Å². The number of fused-ring (bicyclic) bond motifs is 2. The van der Waals surface area contributed by atoms with Crippen molar-refractivity contribution >= 4 is 5.91 Å². The van der Waals surface area contributed by atoms with Crippen LogP contribution in [0.25, 0.3) is 0 Å². The van der Waals surface area contributed by atoms with E-state index >= 15 is 0 Å². The summed E-state index contributed by atoms with van der Waals surface area (Å²) >= 11 is 0. The first-order valence-corrected chi connectivity index (χ1v) is 9.45. The predicted molar refractivity (Wildman–Crippen MR) is 88.5 cm³/mol. The number of hydrogen-bond donors (Lipinski definition) is 0. The lowest BCUT2D eigenvalue weighted by molar-refractivity contribution is -0.170. The van der Waals surface area contributed by atoms with E-state index in [9.17, 15) is 4.79 Å². The van der Waals surface area contributed by atoms with Crippen LogP contribution in [0.3, 0.4) is 0 Å². The summed E-state index contributed by atoms with van der Waals surface area (Å²) in [6.45, 7) is 0.992. The molecule has 4 unspecified atom stereocenters. The van der Waals surface area contributed by atoms with E-state index in [2.05, 4.69) is 16.0 Å². The molecule has 4 atom stereocenters. The van der Waals surface area contributed by atoms with Gasteiger partial charge in [-0.25, -0.2) is 0 Å². The first-order valence-electron chi connectivity index (χ1n) is 9.45. The number of aromatic nitrogens is 1. The maximum Gasteiger partial charge on any atom is 0.223 e. The van der Waals surface area contributed by atoms with Gasteiger partial charge in [0.25, 0.3) is 0 Å². The maximum absolute atomic E-state index is 13.0. The van der Waals surface area contributed by atoms with Crippen LogP contribution in [-0.2, 0) is 4.79 Å². The predicted octanol–water partition coefficient (Wildman–Crippen LogP) is 3.96. The minimum absolute atomic E-state index is 0.302. The van der Waals surface area contributed by atoms with Gasteiger partial charge in [-0.15, -0.1) is 0 Å². The van der Waals surface area contributed by atoms with Crippen molar-refractivity contribution in [1.29, 1.82) is 0 Å². The zero-order valence-electron chi connectivity index (χ0n) is 13.8. The number of pyridine rings is 1. The summed E-state index contributed by atoms with van der Waals surface area (Å²) < 4.78 is 0. The highest BCUT2D eigenvalue weighted by Gasteiger charge is 2.58. The fourth-order valence-electron chi connectivity index (χ4n) is 6.07. The monoisotopic (exact) mass is 310 g/mol. The molecule has 0 radical (unpaired) electrons. The van der Waals surface area contributed by atoms with Gasteiger partial charge in [-0.3, -0.25) is 9.78 Å². The van der Waals surface area contributed by atoms with Gasteiger partial charge in [0.05, 0.1) is 6.04 Å². The molecule has 122 valence electrons. The van der Waals surface area contributed by atoms with Crippen molar-refractivity contribution in [3.63, 3.8) is 0 Å². The fraction of sp³-hybridized carbons (Fsp3) is 0.700. The Labute approximate surface area is 138 Å². The Hall–Kier alpha value is -1.38. The molecule has 3 aliphatic carbocycles. The van der Waals surface area contributed by atoms with Gasteiger partial charge in [0, 0.05) is 30.8 Å². The molecule has 2 heterocycles. The number of rotatable bonds is 3. The fourth-order valence-corrected chi connectivity index (χ4v) is 6.07. The van der Waals surface area contributed by atoms with Gasteiger partial charge in [0.1, 0.15) is 0 Å². The first-order chi connectivity index (χ1) is 11.3. The minimum atomic E-state index is 0.302. The van der Waals surface area contributed by atoms with Crippen LogP contribution in [0.15, 0.2) is 24.5 Å². The Balaban J connectivity index is 1.32. The van der Waals surface area contributed by atoms with Crippen LogP contribution in [0.2, 0.25) is 0 Å². The summed E-state index contributed by atoms with van der Waals surface area (Å²) in [5.74, 6) is 2.86. The lowest BCUT2D eigenvalue weighted by Crippen LogP contribution is -2.63. The van der Waals surface area contributed by atoms with Gasteiger partial charge >= 0.3 is 0 Å². The lowest BCUT2D eigenvalue weighted by atomic mass is 9.56. The van der Waals surface area contributed by atoms with Gasteiger partial charge in [-0.1, -0.05) is 18.9 Å². The van der Waals surface area contributed by atoms with E-state index < -0.39 is 0 Å². The number of carbonyl (C=O) groups is 1. The molecular weight excluding hydrogens is 284 g/mol. The third kappa shape index (κ3) is 2.08. The van der Waals surface area contributed by atoms with Crippen LogP contribution in [-0.4, -0.2) is 22.3 Å². The summed E-state index contributed by atoms with van der Waals surface area (Å²) in [5.41, 5.74) is 1.63. The Morgan fingerprint density at radius 2 is 2.22 bits per heavy atom. The molecule has 3 nitrogen and oxygen atoms in total. The number of hydrogen-bond acceptors (Lipinski definition) is 2. The lowest BCUT2D eigenvalue weighted by Gasteiger charge is -2.62. The molecule has 1 aliphatic heterocycles. The van der Waals surface area contributed by atoms with E-state index in [1.807, 2.05) is 18.5 Å². The molecule has 4 fully saturated rings. The van der Waals surface area contributed by atoms with Crippen LogP contribution in [0, 0.1) is 23.2 Å². The number of amides is 1. The first kappa shape index (κ1) is 14.0. The van der Waals surface area contributed by atoms with Crippen molar-refractivity contribution in [3.8, 4) is 0 Å². The Morgan fingerprint density at radius 1 is 1.30 bits per heavy atom. The number of carbonyl (C=O) groups excluding carboxylic acids is 1. The number of likely N-dealkylation sites (tertiary alicyclic amines) is 1. The molecule has 3 saturated carbocycles. The molecule has 1 aromatic heterocycles. The van der Waals surface area contributed by atoms with E-state index in [1.54, 1.807) is 0 Å². The molecular formula is C20H26N2O. The van der Waals surface area contributed by atoms with Crippen LogP contribution >= 0.6 is 0 Å². The van der Waals surface area contributed by atoms with E-state index in [1.165, 1.54) is 50.5 Å². The maximum atomic E-state index is 13.0. The summed E-state index contributed by atoms with van der Waals surface area (Å²) in [6.07, 6.45) is 14.0. The molecule has 1 saturated heterocycles. The summed E-state index contributed by atoms with van der Waals surface area (Å²) in [7, 11) is 0. The molecule has 3 heteroatoms. The highest BCUT2D eigenvalue weighted by Crippen LogP contribution is 2.61. The second kappa shape index (κ2) is 5.06. The molecule has 0 aromatic carbocycles. The molecule has 1 spiro atoms. The second-order valence-corrected chi connectivity index (χ2v) is 8.57. The molecule has 23 heavy (non-hydrogen) atoms. The van der Waals surface area contributed by atoms with Gasteiger partial charge in [0.2, 0.25) is 5.91 Å². The van der Waals surface area contributed by atoms with E-state index in [-0.39, 0.29) is 0 Å². The van der Waals surface area contributed by atoms with Crippen LogP contribution in [0.5, 0.6) is 0 Å². The van der Waals surface area contributed by atoms with Crippen molar-refractivity contribution in [2.75, 3.05) is 6.54 Å². The van der Waals surface area contributed by atoms with Crippen molar-refractivity contribution in [3.05, 3.63) is 30.1 Å². The average Bonchev–Trinajstić information content (AvgIpc) is 3.08. The zero-order valence-corrected chi connectivity index (χ0v) is 13.8. The smallest absolute Gasteiger partial charge is 0.223 e. The highest BCUT2D eigenvalue weighted by molar-refractivity contribution is 5.78. The molecule has 1 amide bonds. The third-order valence-corrected chi connectivity index (χ3v) is 7.37. The van der Waals surface area contributed by atoms with Crippen molar-refractivity contribution < 1.29 is 4.79 Å². The SMILES string of the molecule is O=C(CC1CC2CCC1C2)N1CC2(CCC2)C1c1cccnc1. The van der Waals surface area contributed by atoms with Crippen LogP contribution in [0.1, 0.15) is 63.0 Å². The molecule has 4 aliphatic rings. The van der Waals surface area contributed by atoms with Gasteiger partial charge < -0.3 is 4.90 Å². The van der Waals surface area contributed by atoms with Crippen molar-refractivity contribution in [2.45, 2.75) is 57.4 Å². The average molecular weight is 310 g/mol. The van der Waals surface area contributed by atoms with Crippen LogP contribution < -0.4 is 0 Å². The molecule has 2 bridgehead atoms. The number of nitrogens with zero attached hydrogens (tertiary/aromatic N) is 2. The Morgan fingerprint density at radius 3 is 2.83 bits per heavy atom. The largest absolute Gasteiger partial charge is 0.334 e. The standard InChI is InChI=1S/C20H26N2O/c23-18(11-17-10-14-4-5-15(17)9-14)22-13-20(6-2-7-20)19(22)16-3-1-8-21-12-16/h1,3,8,12,14-15,17,19H,2,4-7,9-11,13H2. The van der Waals surface area contributed by atoms with E-state index in [0.717, 1.165) is 24.8 Å². The Bertz CT molecular complexity index is 609. The van der Waals surface area contributed by atoms with Gasteiger partial charge in [-0.05, 0) is 61.5 Å². The quantitative estimate of drug-likeness (QED) is 0.846. The van der Waals surface area contributed by atoms with Crippen molar-refractivity contribution in [2.24, 2.45) is 23.2 Å². The third-order valence-electron chi connectivity index (χ3n) is 7.37. The normalized spacial score (nSPS) is 36.8. The van der Waals surface area contributed by atoms with E-state index in [4.69, 9.17) is 0 Å². The minimum Gasteiger partial charge on any atom is -0.334 e. The zero-order chi connectivity index (χ0) is 15.4. The highest BCUT2D eigenvalue weighted by atomic mass is 16.2. The van der Waals surface area contributed by atoms with Crippen LogP contribution in [0.4, 0.5) is 0 Å². The molecule has 5 rings (SSSR count). The summed E-state index contributed by atoms with van der Waals surface area (Å²) in [4.78, 5) is 19.5. The Kier molecular flexibility index (Phi) is 3.08. The van der Waals surface area contributed by atoms with E-state index in [0.29, 0.717) is 23.3 Å². The van der Waals surface area contributed by atoms with Crippen molar-refractivity contribution in [1.82, 2.24) is 9.88 Å².